The number of H-pyrrole nitrogens is 1. The van der Waals surface area contributed by atoms with E-state index in [0.29, 0.717) is 5.92 Å². The van der Waals surface area contributed by atoms with Crippen LogP contribution in [0.25, 0.3) is 5.65 Å². The van der Waals surface area contributed by atoms with Gasteiger partial charge in [0.05, 0.1) is 11.4 Å². The first-order chi connectivity index (χ1) is 8.24. The lowest BCUT2D eigenvalue weighted by Crippen LogP contribution is -2.28. The van der Waals surface area contributed by atoms with Crippen LogP contribution in [0.2, 0.25) is 0 Å². The van der Waals surface area contributed by atoms with Crippen LogP contribution in [0.1, 0.15) is 30.1 Å². The molecule has 90 valence electrons. The van der Waals surface area contributed by atoms with E-state index in [1.165, 1.54) is 0 Å². The maximum atomic E-state index is 11.6. The summed E-state index contributed by atoms with van der Waals surface area (Å²) in [7, 11) is 0. The van der Waals surface area contributed by atoms with Gasteiger partial charge in [-0.2, -0.15) is 5.10 Å². The molecule has 2 aromatic rings. The van der Waals surface area contributed by atoms with Crippen molar-refractivity contribution in [2.24, 2.45) is 0 Å². The van der Waals surface area contributed by atoms with Gasteiger partial charge in [-0.15, -0.1) is 0 Å². The van der Waals surface area contributed by atoms with E-state index in [1.807, 2.05) is 17.5 Å². The summed E-state index contributed by atoms with van der Waals surface area (Å²) >= 11 is 0. The first-order valence-electron chi connectivity index (χ1n) is 6.04. The maximum Gasteiger partial charge on any atom is 0.251 e. The van der Waals surface area contributed by atoms with Crippen molar-refractivity contribution in [2.75, 3.05) is 13.1 Å². The predicted octanol–water partition coefficient (Wildman–Crippen LogP) is 0.798. The van der Waals surface area contributed by atoms with Gasteiger partial charge in [-0.25, -0.2) is 4.52 Å². The van der Waals surface area contributed by atoms with Crippen LogP contribution in [0.4, 0.5) is 0 Å². The molecule has 2 aromatic heterocycles. The molecule has 1 fully saturated rings. The number of fused-ring (bicyclic) bond motifs is 1. The summed E-state index contributed by atoms with van der Waals surface area (Å²) in [5, 5.41) is 7.79. The zero-order valence-electron chi connectivity index (χ0n) is 9.86. The molecule has 5 nitrogen and oxygen atoms in total. The van der Waals surface area contributed by atoms with Crippen molar-refractivity contribution in [1.82, 2.24) is 19.9 Å². The molecule has 0 aliphatic carbocycles. The van der Waals surface area contributed by atoms with E-state index < -0.39 is 0 Å². The molecule has 0 unspecified atom stereocenters. The molecule has 5 heteroatoms. The van der Waals surface area contributed by atoms with Crippen molar-refractivity contribution in [1.29, 1.82) is 0 Å². The monoisotopic (exact) mass is 232 g/mol. The number of hydrogen-bond donors (Lipinski definition) is 2. The van der Waals surface area contributed by atoms with E-state index in [9.17, 15) is 4.79 Å². The van der Waals surface area contributed by atoms with Crippen molar-refractivity contribution >= 4 is 5.65 Å². The second-order valence-electron chi connectivity index (χ2n) is 4.67. The fraction of sp³-hybridized carbons (Fsp3) is 0.500. The lowest BCUT2D eigenvalue weighted by molar-refractivity contribution is 0.446. The van der Waals surface area contributed by atoms with Gasteiger partial charge in [0, 0.05) is 18.1 Å². The number of aryl methyl sites for hydroxylation is 1. The molecule has 3 heterocycles. The summed E-state index contributed by atoms with van der Waals surface area (Å²) in [6.07, 6.45) is 2.13. The molecule has 0 amide bonds. The fourth-order valence-electron chi connectivity index (χ4n) is 2.55. The van der Waals surface area contributed by atoms with Crippen molar-refractivity contribution in [3.63, 3.8) is 0 Å². The minimum Gasteiger partial charge on any atom is -0.317 e. The Morgan fingerprint density at radius 2 is 2.12 bits per heavy atom. The SMILES string of the molecule is Cc1cc2[nH]c(=O)cc(C3CCNCC3)n2n1. The second-order valence-corrected chi connectivity index (χ2v) is 4.67. The topological polar surface area (TPSA) is 62.2 Å². The molecule has 0 saturated carbocycles. The van der Waals surface area contributed by atoms with Crippen LogP contribution in [0.3, 0.4) is 0 Å². The molecule has 3 rings (SSSR count). The van der Waals surface area contributed by atoms with Crippen molar-refractivity contribution in [3.8, 4) is 0 Å². The van der Waals surface area contributed by atoms with Gasteiger partial charge in [0.1, 0.15) is 5.65 Å². The normalized spacial score (nSPS) is 17.7. The zero-order valence-corrected chi connectivity index (χ0v) is 9.86. The Morgan fingerprint density at radius 1 is 1.35 bits per heavy atom. The number of nitrogens with one attached hydrogen (secondary N) is 2. The van der Waals surface area contributed by atoms with Gasteiger partial charge in [-0.3, -0.25) is 4.79 Å². The van der Waals surface area contributed by atoms with E-state index in [0.717, 1.165) is 43.0 Å². The summed E-state index contributed by atoms with van der Waals surface area (Å²) in [5.74, 6) is 0.431. The van der Waals surface area contributed by atoms with Crippen molar-refractivity contribution in [3.05, 3.63) is 33.9 Å². The first kappa shape index (κ1) is 10.5. The number of aromatic nitrogens is 3. The van der Waals surface area contributed by atoms with Gasteiger partial charge in [0.2, 0.25) is 0 Å². The second kappa shape index (κ2) is 4.00. The number of hydrogen-bond acceptors (Lipinski definition) is 3. The smallest absolute Gasteiger partial charge is 0.251 e. The molecule has 1 aliphatic heterocycles. The maximum absolute atomic E-state index is 11.6. The Labute approximate surface area is 98.9 Å². The van der Waals surface area contributed by atoms with Crippen LogP contribution in [-0.4, -0.2) is 27.7 Å². The van der Waals surface area contributed by atoms with Gasteiger partial charge in [-0.05, 0) is 32.9 Å². The Kier molecular flexibility index (Phi) is 2.48. The molecule has 17 heavy (non-hydrogen) atoms. The van der Waals surface area contributed by atoms with Gasteiger partial charge in [-0.1, -0.05) is 0 Å². The van der Waals surface area contributed by atoms with Crippen molar-refractivity contribution < 1.29 is 0 Å². The number of rotatable bonds is 1. The van der Waals surface area contributed by atoms with Crippen LogP contribution in [0.5, 0.6) is 0 Å². The van der Waals surface area contributed by atoms with E-state index in [2.05, 4.69) is 15.4 Å². The average molecular weight is 232 g/mol. The van der Waals surface area contributed by atoms with Crippen LogP contribution in [0, 0.1) is 6.92 Å². The lowest BCUT2D eigenvalue weighted by atomic mass is 9.94. The minimum absolute atomic E-state index is 0.0362. The molecule has 1 aliphatic rings. The third kappa shape index (κ3) is 1.86. The Bertz CT molecular complexity index is 592. The standard InChI is InChI=1S/C12H16N4O/c1-8-6-11-14-12(17)7-10(16(11)15-8)9-2-4-13-5-3-9/h6-7,9,13H,2-5H2,1H3,(H,14,17). The number of nitrogens with zero attached hydrogens (tertiary/aromatic N) is 2. The molecular formula is C12H16N4O. The number of piperidine rings is 1. The van der Waals surface area contributed by atoms with Crippen LogP contribution in [0.15, 0.2) is 16.9 Å². The molecule has 0 radical (unpaired) electrons. The highest BCUT2D eigenvalue weighted by Gasteiger charge is 2.19. The zero-order chi connectivity index (χ0) is 11.8. The summed E-state index contributed by atoms with van der Waals surface area (Å²) in [6.45, 7) is 3.97. The van der Waals surface area contributed by atoms with E-state index in [1.54, 1.807) is 6.07 Å². The highest BCUT2D eigenvalue weighted by atomic mass is 16.1. The molecule has 0 atom stereocenters. The third-order valence-corrected chi connectivity index (χ3v) is 3.36. The third-order valence-electron chi connectivity index (χ3n) is 3.36. The Morgan fingerprint density at radius 3 is 2.88 bits per heavy atom. The minimum atomic E-state index is -0.0362. The fourth-order valence-corrected chi connectivity index (χ4v) is 2.55. The summed E-state index contributed by atoms with van der Waals surface area (Å²) in [6, 6.07) is 3.60. The Balaban J connectivity index is 2.16. The molecule has 0 spiro atoms. The highest BCUT2D eigenvalue weighted by Crippen LogP contribution is 2.24. The highest BCUT2D eigenvalue weighted by molar-refractivity contribution is 5.40. The largest absolute Gasteiger partial charge is 0.317 e. The van der Waals surface area contributed by atoms with Gasteiger partial charge in [0.25, 0.3) is 5.56 Å². The molecule has 2 N–H and O–H groups in total. The quantitative estimate of drug-likeness (QED) is 0.764. The lowest BCUT2D eigenvalue weighted by Gasteiger charge is -2.23. The Hall–Kier alpha value is -1.62. The molecular weight excluding hydrogens is 216 g/mol. The van der Waals surface area contributed by atoms with E-state index in [4.69, 9.17) is 0 Å². The van der Waals surface area contributed by atoms with E-state index >= 15 is 0 Å². The summed E-state index contributed by atoms with van der Waals surface area (Å²) in [4.78, 5) is 14.5. The number of aromatic amines is 1. The van der Waals surface area contributed by atoms with Gasteiger partial charge in [0.15, 0.2) is 0 Å². The van der Waals surface area contributed by atoms with Crippen LogP contribution < -0.4 is 10.9 Å². The van der Waals surface area contributed by atoms with Crippen LogP contribution in [-0.2, 0) is 0 Å². The molecule has 1 saturated heterocycles. The summed E-state index contributed by atoms with van der Waals surface area (Å²) in [5.41, 5.74) is 2.73. The first-order valence-corrected chi connectivity index (χ1v) is 6.04. The molecule has 0 aromatic carbocycles. The molecule has 0 bridgehead atoms. The predicted molar refractivity (Wildman–Crippen MR) is 65.4 cm³/mol. The van der Waals surface area contributed by atoms with Crippen molar-refractivity contribution in [2.45, 2.75) is 25.7 Å². The van der Waals surface area contributed by atoms with E-state index in [-0.39, 0.29) is 5.56 Å². The van der Waals surface area contributed by atoms with Gasteiger partial charge >= 0.3 is 0 Å². The van der Waals surface area contributed by atoms with Gasteiger partial charge < -0.3 is 10.3 Å². The van der Waals surface area contributed by atoms with Crippen LogP contribution >= 0.6 is 0 Å². The average Bonchev–Trinajstić information content (AvgIpc) is 2.69. The summed E-state index contributed by atoms with van der Waals surface area (Å²) < 4.78 is 1.88.